The van der Waals surface area contributed by atoms with Gasteiger partial charge in [0, 0.05) is 38.5 Å². The molecule has 9 atom stereocenters. The molecule has 4 rings (SSSR count). The van der Waals surface area contributed by atoms with Crippen molar-refractivity contribution in [2.24, 2.45) is 0 Å². The highest BCUT2D eigenvalue weighted by atomic mass is 32.8. The predicted octanol–water partition coefficient (Wildman–Crippen LogP) is 9.04. The van der Waals surface area contributed by atoms with Crippen LogP contribution < -0.4 is 0 Å². The van der Waals surface area contributed by atoms with Crippen molar-refractivity contribution < 1.29 is 19.3 Å². The molecule has 0 spiro atoms. The Morgan fingerprint density at radius 1 is 0.569 bits per heavy atom. The predicted molar refractivity (Wildman–Crippen MR) is 243 cm³/mol. The maximum Gasteiger partial charge on any atom is 0.106 e. The van der Waals surface area contributed by atoms with E-state index in [9.17, 15) is 0 Å². The fourth-order valence-electron chi connectivity index (χ4n) is 6.41. The van der Waals surface area contributed by atoms with Crippen molar-refractivity contribution in [3.8, 4) is 0 Å². The monoisotopic (exact) mass is 870 g/mol. The zero-order chi connectivity index (χ0) is 37.1. The minimum atomic E-state index is -0.526. The van der Waals surface area contributed by atoms with Gasteiger partial charge in [-0.15, -0.1) is 0 Å². The lowest BCUT2D eigenvalue weighted by Gasteiger charge is -2.40. The fraction of sp³-hybridized carbons (Fsp3) is 1.00. The van der Waals surface area contributed by atoms with Crippen LogP contribution in [-0.2, 0) is 50.3 Å². The molecule has 4 aliphatic rings. The van der Waals surface area contributed by atoms with Gasteiger partial charge in [-0.1, -0.05) is 80.7 Å². The van der Waals surface area contributed by atoms with E-state index < -0.39 is 28.8 Å². The van der Waals surface area contributed by atoms with Crippen LogP contribution in [-0.4, -0.2) is 141 Å². The lowest BCUT2D eigenvalue weighted by molar-refractivity contribution is -0.00865. The fourth-order valence-corrected chi connectivity index (χ4v) is 23.6. The van der Waals surface area contributed by atoms with E-state index in [2.05, 4.69) is 73.6 Å². The highest BCUT2D eigenvalue weighted by molar-refractivity contribution is 8.29. The number of nitrogens with zero attached hydrogens (tertiary/aromatic N) is 4. The molecular weight excluding hydrogens is 793 g/mol. The van der Waals surface area contributed by atoms with Gasteiger partial charge in [0.2, 0.25) is 0 Å². The molecule has 1 saturated carbocycles. The SMILES string of the molecule is C.CCCN1CS(=S)CN(CCC)P(C)CCP1C.CCCN1CS(=S)CN(CCC)P2CCP1O[C@@H](CC)[C@@H](CC)O2.O[C@@H]1CCCC[C@@H]1O. The zero-order valence-corrected chi connectivity index (χ0v) is 39.6. The average Bonchev–Trinajstić information content (AvgIpc) is 3.15. The molecule has 4 fully saturated rings. The van der Waals surface area contributed by atoms with Gasteiger partial charge in [0.1, 0.15) is 16.6 Å². The van der Waals surface area contributed by atoms with Gasteiger partial charge in [-0.25, -0.2) is 0 Å². The first kappa shape index (κ1) is 51.6. The summed E-state index contributed by atoms with van der Waals surface area (Å²) in [7, 11) is -0.828. The molecule has 5 unspecified atom stereocenters. The molecule has 51 heavy (non-hydrogen) atoms. The van der Waals surface area contributed by atoms with Crippen molar-refractivity contribution in [3.63, 3.8) is 0 Å². The molecule has 2 bridgehead atoms. The van der Waals surface area contributed by atoms with E-state index in [-0.39, 0.29) is 54.7 Å². The summed E-state index contributed by atoms with van der Waals surface area (Å²) in [4.78, 5) is 0. The Hall–Kier alpha value is 2.54. The van der Waals surface area contributed by atoms with Gasteiger partial charge in [-0.3, -0.25) is 18.7 Å². The van der Waals surface area contributed by atoms with E-state index in [1.807, 2.05) is 0 Å². The Labute approximate surface area is 335 Å². The summed E-state index contributed by atoms with van der Waals surface area (Å²) in [6.45, 7) is 23.2. The highest BCUT2D eigenvalue weighted by Crippen LogP contribution is 2.55. The van der Waals surface area contributed by atoms with Gasteiger partial charge in [0.25, 0.3) is 0 Å². The molecule has 0 aromatic heterocycles. The van der Waals surface area contributed by atoms with Gasteiger partial charge in [-0.2, -0.15) is 0 Å². The minimum absolute atomic E-state index is 0. The van der Waals surface area contributed by atoms with Crippen LogP contribution in [0, 0.1) is 0 Å². The number of rotatable bonds is 10. The molecule has 3 aliphatic heterocycles. The third-order valence-corrected chi connectivity index (χ3v) is 23.0. The van der Waals surface area contributed by atoms with E-state index in [4.69, 9.17) is 41.6 Å². The van der Waals surface area contributed by atoms with Crippen molar-refractivity contribution in [1.82, 2.24) is 18.7 Å². The maximum atomic E-state index is 8.93. The van der Waals surface area contributed by atoms with E-state index >= 15 is 0 Å². The first-order valence-electron chi connectivity index (χ1n) is 19.4. The molecule has 0 radical (unpaired) electrons. The first-order valence-corrected chi connectivity index (χ1v) is 31.0. The van der Waals surface area contributed by atoms with E-state index in [1.165, 1.54) is 51.1 Å². The Morgan fingerprint density at radius 3 is 1.18 bits per heavy atom. The molecule has 3 saturated heterocycles. The third-order valence-electron chi connectivity index (χ3n) is 9.35. The second-order valence-corrected chi connectivity index (χ2v) is 27.9. The standard InChI is InChI=1S/C16H34N2O2P2S2.C12H28N2P2S2.C6H12O2.CH4/c1-5-9-17-13-24(23)14-18(10-6-2)22-12-11-21(17)19-15(7-3)16(8-4)20-22;1-5-7-13-11-18(17)12-14(8-6-2)16(4)10-9-15(13)3;7-5-3-1-2-4-6(5)8;/h15-16H,5-14H2,1-4H3;5-12H2,1-4H3;5-8H,1-4H2;1H4/t15-,16+,21?,22?,24?;;5-,6+;. The molecule has 8 nitrogen and oxygen atoms in total. The average molecular weight is 871 g/mol. The third kappa shape index (κ3) is 19.2. The van der Waals surface area contributed by atoms with Crippen molar-refractivity contribution >= 4 is 74.0 Å². The summed E-state index contributed by atoms with van der Waals surface area (Å²) in [6, 6.07) is 0. The van der Waals surface area contributed by atoms with E-state index in [0.717, 1.165) is 87.4 Å². The first-order chi connectivity index (χ1) is 24.0. The van der Waals surface area contributed by atoms with Crippen LogP contribution in [0.2, 0.25) is 0 Å². The molecule has 306 valence electrons. The minimum Gasteiger partial charge on any atom is -0.390 e. The number of fused-ring (bicyclic) bond motifs is 3. The van der Waals surface area contributed by atoms with Crippen molar-refractivity contribution in [2.45, 2.75) is 138 Å². The quantitative estimate of drug-likeness (QED) is 0.208. The number of hydrogen-bond acceptors (Lipinski definition) is 10. The van der Waals surface area contributed by atoms with E-state index in [1.54, 1.807) is 0 Å². The molecule has 1 aliphatic carbocycles. The molecular formula is C35H78N4O4P4S4. The van der Waals surface area contributed by atoms with Crippen molar-refractivity contribution in [1.29, 1.82) is 0 Å². The van der Waals surface area contributed by atoms with Gasteiger partial charge in [0.15, 0.2) is 0 Å². The summed E-state index contributed by atoms with van der Waals surface area (Å²) in [6.07, 6.45) is 15.3. The Kier molecular flexibility index (Phi) is 30.0. The Balaban J connectivity index is 0.000000423. The van der Waals surface area contributed by atoms with Crippen LogP contribution in [0.15, 0.2) is 0 Å². The lowest BCUT2D eigenvalue weighted by Crippen LogP contribution is -2.35. The topological polar surface area (TPSA) is 71.9 Å². The highest BCUT2D eigenvalue weighted by Gasteiger charge is 2.37. The molecule has 0 amide bonds. The normalized spacial score (nSPS) is 35.0. The molecule has 3 heterocycles. The van der Waals surface area contributed by atoms with Crippen LogP contribution in [0.25, 0.3) is 0 Å². The lowest BCUT2D eigenvalue weighted by atomic mass is 9.95. The molecule has 16 heteroatoms. The van der Waals surface area contributed by atoms with Crippen LogP contribution in [0.4, 0.5) is 0 Å². The zero-order valence-electron chi connectivity index (χ0n) is 32.8. The largest absolute Gasteiger partial charge is 0.390 e. The van der Waals surface area contributed by atoms with Gasteiger partial charge in [0.05, 0.1) is 47.9 Å². The van der Waals surface area contributed by atoms with E-state index in [0.29, 0.717) is 0 Å². The number of hydrogen-bond donors (Lipinski definition) is 2. The summed E-state index contributed by atoms with van der Waals surface area (Å²) < 4.78 is 23.9. The summed E-state index contributed by atoms with van der Waals surface area (Å²) in [5.41, 5.74) is 0. The van der Waals surface area contributed by atoms with Crippen LogP contribution in [0.1, 0.15) is 113 Å². The van der Waals surface area contributed by atoms with Crippen molar-refractivity contribution in [3.05, 3.63) is 0 Å². The van der Waals surface area contributed by atoms with Gasteiger partial charge < -0.3 is 19.3 Å². The van der Waals surface area contributed by atoms with Crippen molar-refractivity contribution in [2.75, 3.05) is 87.7 Å². The second kappa shape index (κ2) is 29.7. The molecule has 2 N–H and O–H groups in total. The van der Waals surface area contributed by atoms with Crippen LogP contribution in [0.5, 0.6) is 0 Å². The summed E-state index contributed by atoms with van der Waals surface area (Å²) in [5.74, 6) is 4.36. The summed E-state index contributed by atoms with van der Waals surface area (Å²) >= 11 is 11.6. The smallest absolute Gasteiger partial charge is 0.106 e. The van der Waals surface area contributed by atoms with Crippen LogP contribution in [0.3, 0.4) is 0 Å². The van der Waals surface area contributed by atoms with Gasteiger partial charge >= 0.3 is 0 Å². The number of aliphatic hydroxyl groups is 2. The Bertz CT molecular complexity index is 890. The second-order valence-electron chi connectivity index (χ2n) is 13.8. The Morgan fingerprint density at radius 2 is 0.882 bits per heavy atom. The van der Waals surface area contributed by atoms with Gasteiger partial charge in [-0.05, 0) is 116 Å². The molecule has 0 aromatic rings. The van der Waals surface area contributed by atoms with Crippen LogP contribution >= 0.6 is 32.7 Å². The molecule has 0 aromatic carbocycles. The maximum absolute atomic E-state index is 8.93. The summed E-state index contributed by atoms with van der Waals surface area (Å²) in [5, 5.41) is 17.9. The number of aliphatic hydroxyl groups excluding tert-OH is 2.